The highest BCUT2D eigenvalue weighted by atomic mass is 19.1. The lowest BCUT2D eigenvalue weighted by molar-refractivity contribution is 0.0456. The van der Waals surface area contributed by atoms with Crippen molar-refractivity contribution < 1.29 is 9.50 Å². The van der Waals surface area contributed by atoms with E-state index in [9.17, 15) is 9.50 Å². The zero-order chi connectivity index (χ0) is 12.2. The minimum absolute atomic E-state index is 0.269. The lowest BCUT2D eigenvalue weighted by atomic mass is 9.97. The van der Waals surface area contributed by atoms with Gasteiger partial charge in [-0.1, -0.05) is 26.0 Å². The van der Waals surface area contributed by atoms with Crippen LogP contribution in [-0.2, 0) is 0 Å². The molecule has 1 aromatic carbocycles. The molecule has 0 aliphatic heterocycles. The van der Waals surface area contributed by atoms with Gasteiger partial charge in [0.1, 0.15) is 5.82 Å². The molecule has 16 heavy (non-hydrogen) atoms. The molecule has 0 spiro atoms. The molecule has 1 rings (SSSR count). The second-order valence-electron chi connectivity index (χ2n) is 4.22. The Balaban J connectivity index is 2.75. The Morgan fingerprint density at radius 2 is 1.94 bits per heavy atom. The molecule has 0 unspecified atom stereocenters. The summed E-state index contributed by atoms with van der Waals surface area (Å²) < 4.78 is 13.5. The highest BCUT2D eigenvalue weighted by Gasteiger charge is 2.22. The molecule has 0 heterocycles. The summed E-state index contributed by atoms with van der Waals surface area (Å²) in [6.45, 7) is 6.09. The standard InChI is InChI=1S/C13H20FNO/c1-4-13(16,5-2)9-15-12-10(3)7-6-8-11(12)14/h6-8,15-16H,4-5,9H2,1-3H3. The summed E-state index contributed by atoms with van der Waals surface area (Å²) in [5, 5.41) is 13.1. The van der Waals surface area contributed by atoms with Crippen molar-refractivity contribution in [2.75, 3.05) is 11.9 Å². The van der Waals surface area contributed by atoms with Gasteiger partial charge < -0.3 is 10.4 Å². The van der Waals surface area contributed by atoms with Gasteiger partial charge in [-0.3, -0.25) is 0 Å². The molecule has 0 amide bonds. The molecular weight excluding hydrogens is 205 g/mol. The number of hydrogen-bond donors (Lipinski definition) is 2. The molecule has 2 N–H and O–H groups in total. The number of aliphatic hydroxyl groups is 1. The van der Waals surface area contributed by atoms with Crippen molar-refractivity contribution in [3.63, 3.8) is 0 Å². The van der Waals surface area contributed by atoms with Crippen LogP contribution in [0.2, 0.25) is 0 Å². The van der Waals surface area contributed by atoms with Gasteiger partial charge in [0.15, 0.2) is 0 Å². The third-order valence-electron chi connectivity index (χ3n) is 3.13. The quantitative estimate of drug-likeness (QED) is 0.807. The molecule has 0 bridgehead atoms. The maximum absolute atomic E-state index is 13.5. The first-order valence-corrected chi connectivity index (χ1v) is 5.74. The van der Waals surface area contributed by atoms with E-state index in [-0.39, 0.29) is 5.82 Å². The van der Waals surface area contributed by atoms with Gasteiger partial charge in [0.05, 0.1) is 11.3 Å². The minimum Gasteiger partial charge on any atom is -0.388 e. The highest BCUT2D eigenvalue weighted by Crippen LogP contribution is 2.21. The molecule has 0 atom stereocenters. The van der Waals surface area contributed by atoms with Gasteiger partial charge >= 0.3 is 0 Å². The van der Waals surface area contributed by atoms with Crippen molar-refractivity contribution >= 4 is 5.69 Å². The first-order chi connectivity index (χ1) is 7.52. The Labute approximate surface area is 96.5 Å². The lowest BCUT2D eigenvalue weighted by Gasteiger charge is -2.26. The third-order valence-corrected chi connectivity index (χ3v) is 3.13. The van der Waals surface area contributed by atoms with E-state index < -0.39 is 5.60 Å². The minimum atomic E-state index is -0.755. The number of hydrogen-bond acceptors (Lipinski definition) is 2. The molecule has 0 saturated heterocycles. The van der Waals surface area contributed by atoms with Crippen molar-refractivity contribution in [3.05, 3.63) is 29.6 Å². The van der Waals surface area contributed by atoms with Gasteiger partial charge in [0.25, 0.3) is 0 Å². The monoisotopic (exact) mass is 225 g/mol. The van der Waals surface area contributed by atoms with Gasteiger partial charge in [-0.15, -0.1) is 0 Å². The predicted octanol–water partition coefficient (Wildman–Crippen LogP) is 3.10. The Morgan fingerprint density at radius 3 is 2.44 bits per heavy atom. The Bertz CT molecular complexity index is 328. The Kier molecular flexibility index (Phi) is 4.30. The SMILES string of the molecule is CCC(O)(CC)CNc1c(C)cccc1F. The van der Waals surface area contributed by atoms with E-state index in [0.29, 0.717) is 25.1 Å². The van der Waals surface area contributed by atoms with E-state index in [1.54, 1.807) is 6.07 Å². The second kappa shape index (κ2) is 5.30. The topological polar surface area (TPSA) is 32.3 Å². The largest absolute Gasteiger partial charge is 0.388 e. The van der Waals surface area contributed by atoms with Crippen molar-refractivity contribution in [1.29, 1.82) is 0 Å². The highest BCUT2D eigenvalue weighted by molar-refractivity contribution is 5.51. The molecule has 0 fully saturated rings. The number of rotatable bonds is 5. The van der Waals surface area contributed by atoms with Crippen molar-refractivity contribution in [3.8, 4) is 0 Å². The van der Waals surface area contributed by atoms with Crippen LogP contribution in [0.25, 0.3) is 0 Å². The van der Waals surface area contributed by atoms with E-state index >= 15 is 0 Å². The van der Waals surface area contributed by atoms with Crippen LogP contribution >= 0.6 is 0 Å². The summed E-state index contributed by atoms with van der Waals surface area (Å²) in [6.07, 6.45) is 1.31. The molecule has 0 aliphatic carbocycles. The van der Waals surface area contributed by atoms with Crippen LogP contribution < -0.4 is 5.32 Å². The van der Waals surface area contributed by atoms with Crippen LogP contribution in [0.4, 0.5) is 10.1 Å². The van der Waals surface area contributed by atoms with Gasteiger partial charge in [-0.2, -0.15) is 0 Å². The number of para-hydroxylation sites is 1. The Morgan fingerprint density at radius 1 is 1.31 bits per heavy atom. The molecule has 0 radical (unpaired) electrons. The number of benzene rings is 1. The first kappa shape index (κ1) is 13.0. The van der Waals surface area contributed by atoms with E-state index in [1.807, 2.05) is 26.8 Å². The maximum Gasteiger partial charge on any atom is 0.146 e. The molecule has 0 aromatic heterocycles. The molecular formula is C13H20FNO. The van der Waals surface area contributed by atoms with Crippen molar-refractivity contribution in [2.45, 2.75) is 39.2 Å². The lowest BCUT2D eigenvalue weighted by Crippen LogP contribution is -2.35. The predicted molar refractivity (Wildman–Crippen MR) is 65.2 cm³/mol. The zero-order valence-corrected chi connectivity index (χ0v) is 10.2. The van der Waals surface area contributed by atoms with E-state index in [4.69, 9.17) is 0 Å². The Hall–Kier alpha value is -1.09. The normalized spacial score (nSPS) is 11.6. The summed E-state index contributed by atoms with van der Waals surface area (Å²) in [7, 11) is 0. The summed E-state index contributed by atoms with van der Waals surface area (Å²) in [5.74, 6) is -0.269. The molecule has 1 aromatic rings. The number of halogens is 1. The fraction of sp³-hybridized carbons (Fsp3) is 0.538. The third kappa shape index (κ3) is 2.95. The molecule has 3 heteroatoms. The van der Waals surface area contributed by atoms with Gasteiger partial charge in [-0.25, -0.2) is 4.39 Å². The smallest absolute Gasteiger partial charge is 0.146 e. The van der Waals surface area contributed by atoms with E-state index in [0.717, 1.165) is 5.56 Å². The van der Waals surface area contributed by atoms with Crippen molar-refractivity contribution in [2.24, 2.45) is 0 Å². The van der Waals surface area contributed by atoms with Crippen LogP contribution in [0.5, 0.6) is 0 Å². The van der Waals surface area contributed by atoms with Crippen LogP contribution in [-0.4, -0.2) is 17.3 Å². The van der Waals surface area contributed by atoms with Gasteiger partial charge in [0.2, 0.25) is 0 Å². The summed E-state index contributed by atoms with van der Waals surface area (Å²) in [4.78, 5) is 0. The summed E-state index contributed by atoms with van der Waals surface area (Å²) >= 11 is 0. The van der Waals surface area contributed by atoms with Crippen LogP contribution in [0.3, 0.4) is 0 Å². The zero-order valence-electron chi connectivity index (χ0n) is 10.2. The average molecular weight is 225 g/mol. The molecule has 0 aliphatic rings. The first-order valence-electron chi connectivity index (χ1n) is 5.74. The molecule has 2 nitrogen and oxygen atoms in total. The summed E-state index contributed by atoms with van der Waals surface area (Å²) in [5.41, 5.74) is 0.590. The summed E-state index contributed by atoms with van der Waals surface area (Å²) in [6, 6.07) is 4.95. The number of nitrogens with one attached hydrogen (secondary N) is 1. The van der Waals surface area contributed by atoms with Crippen LogP contribution in [0, 0.1) is 12.7 Å². The van der Waals surface area contributed by atoms with Crippen molar-refractivity contribution in [1.82, 2.24) is 0 Å². The average Bonchev–Trinajstić information content (AvgIpc) is 2.28. The second-order valence-corrected chi connectivity index (χ2v) is 4.22. The van der Waals surface area contributed by atoms with E-state index in [1.165, 1.54) is 6.07 Å². The fourth-order valence-corrected chi connectivity index (χ4v) is 1.61. The van der Waals surface area contributed by atoms with Crippen LogP contribution in [0.15, 0.2) is 18.2 Å². The van der Waals surface area contributed by atoms with E-state index in [2.05, 4.69) is 5.32 Å². The number of anilines is 1. The fourth-order valence-electron chi connectivity index (χ4n) is 1.61. The van der Waals surface area contributed by atoms with Crippen LogP contribution in [0.1, 0.15) is 32.3 Å². The van der Waals surface area contributed by atoms with Gasteiger partial charge in [-0.05, 0) is 31.4 Å². The van der Waals surface area contributed by atoms with Gasteiger partial charge in [0, 0.05) is 6.54 Å². The number of aryl methyl sites for hydroxylation is 1. The molecule has 0 saturated carbocycles. The maximum atomic E-state index is 13.5. The molecule has 90 valence electrons.